The van der Waals surface area contributed by atoms with Crippen molar-refractivity contribution in [2.24, 2.45) is 5.92 Å². The largest absolute Gasteiger partial charge is 0.493 e. The molecule has 3 aliphatic heterocycles. The third-order valence-electron chi connectivity index (χ3n) is 8.71. The number of hydrogen-bond donors (Lipinski definition) is 1. The van der Waals surface area contributed by atoms with Gasteiger partial charge in [-0.05, 0) is 59.2 Å². The summed E-state index contributed by atoms with van der Waals surface area (Å²) in [6, 6.07) is 23.6. The summed E-state index contributed by atoms with van der Waals surface area (Å²) in [5.74, 6) is -1.26. The molecule has 0 saturated carbocycles. The maximum atomic E-state index is 14.9. The quantitative estimate of drug-likeness (QED) is 0.330. The van der Waals surface area contributed by atoms with E-state index in [1.165, 1.54) is 14.2 Å². The lowest BCUT2D eigenvalue weighted by Crippen LogP contribution is -2.49. The fourth-order valence-electron chi connectivity index (χ4n) is 7.00. The Balaban J connectivity index is 1.53. The van der Waals surface area contributed by atoms with Gasteiger partial charge in [-0.3, -0.25) is 19.4 Å². The number of pyridine rings is 1. The van der Waals surface area contributed by atoms with Crippen LogP contribution < -0.4 is 14.8 Å². The zero-order valence-electron chi connectivity index (χ0n) is 23.0. The molecule has 42 heavy (non-hydrogen) atoms. The number of benzene rings is 3. The van der Waals surface area contributed by atoms with E-state index in [9.17, 15) is 14.4 Å². The number of anilines is 1. The third-order valence-corrected chi connectivity index (χ3v) is 8.71. The van der Waals surface area contributed by atoms with E-state index in [-0.39, 0.29) is 23.2 Å². The highest BCUT2D eigenvalue weighted by Crippen LogP contribution is 2.62. The summed E-state index contributed by atoms with van der Waals surface area (Å²) in [6.07, 6.45) is 5.33. The second kappa shape index (κ2) is 9.69. The molecule has 4 aromatic rings. The topological polar surface area (TPSA) is 97.8 Å². The van der Waals surface area contributed by atoms with Gasteiger partial charge in [-0.15, -0.1) is 0 Å². The van der Waals surface area contributed by atoms with Crippen LogP contribution in [0.15, 0.2) is 97.3 Å². The first-order valence-corrected chi connectivity index (χ1v) is 13.7. The predicted molar refractivity (Wildman–Crippen MR) is 157 cm³/mol. The lowest BCUT2D eigenvalue weighted by molar-refractivity contribution is -0.122. The number of nitrogens with one attached hydrogen (secondary N) is 1. The molecule has 1 saturated heterocycles. The Kier molecular flexibility index (Phi) is 5.93. The van der Waals surface area contributed by atoms with Crippen LogP contribution in [0.25, 0.3) is 6.08 Å². The zero-order chi connectivity index (χ0) is 29.0. The van der Waals surface area contributed by atoms with Gasteiger partial charge in [0.05, 0.1) is 26.2 Å². The molecule has 4 heterocycles. The molecule has 1 aromatic heterocycles. The average Bonchev–Trinajstić information content (AvgIpc) is 3.52. The van der Waals surface area contributed by atoms with Crippen molar-refractivity contribution < 1.29 is 23.9 Å². The number of amides is 1. The number of aromatic nitrogens is 1. The number of carbonyl (C=O) groups is 3. The molecule has 3 aromatic carbocycles. The van der Waals surface area contributed by atoms with Crippen LogP contribution in [0.5, 0.6) is 11.5 Å². The van der Waals surface area contributed by atoms with Gasteiger partial charge in [0.1, 0.15) is 17.2 Å². The van der Waals surface area contributed by atoms with E-state index in [1.54, 1.807) is 42.6 Å². The average molecular weight is 558 g/mol. The summed E-state index contributed by atoms with van der Waals surface area (Å²) in [5.41, 5.74) is 2.23. The van der Waals surface area contributed by atoms with Gasteiger partial charge in [0.2, 0.25) is 11.7 Å². The number of ether oxygens (including phenoxy) is 2. The molecule has 1 N–H and O–H groups in total. The zero-order valence-corrected chi connectivity index (χ0v) is 23.0. The molecule has 0 radical (unpaired) electrons. The minimum absolute atomic E-state index is 0.224. The van der Waals surface area contributed by atoms with Crippen LogP contribution in [-0.2, 0) is 10.2 Å². The van der Waals surface area contributed by atoms with Crippen LogP contribution in [0.3, 0.4) is 0 Å². The van der Waals surface area contributed by atoms with Gasteiger partial charge >= 0.3 is 0 Å². The maximum absolute atomic E-state index is 14.9. The summed E-state index contributed by atoms with van der Waals surface area (Å²) in [7, 11) is 3.02. The number of Topliss-reactive ketones (excluding diaryl/α,β-unsaturated/α-hetero) is 2. The summed E-state index contributed by atoms with van der Waals surface area (Å²) in [6.45, 7) is 0. The smallest absolute Gasteiger partial charge is 0.238 e. The predicted octanol–water partition coefficient (Wildman–Crippen LogP) is 5.08. The third kappa shape index (κ3) is 3.48. The second-order valence-electron chi connectivity index (χ2n) is 10.6. The van der Waals surface area contributed by atoms with Gasteiger partial charge < -0.3 is 19.7 Å². The van der Waals surface area contributed by atoms with E-state index in [0.717, 1.165) is 11.1 Å². The number of carbonyl (C=O) groups excluding carboxylic acids is 3. The minimum Gasteiger partial charge on any atom is -0.493 e. The fourth-order valence-corrected chi connectivity index (χ4v) is 7.00. The molecular formula is C34H27N3O5. The van der Waals surface area contributed by atoms with Crippen molar-refractivity contribution in [3.8, 4) is 11.5 Å². The van der Waals surface area contributed by atoms with Crippen molar-refractivity contribution in [2.75, 3.05) is 19.5 Å². The van der Waals surface area contributed by atoms with Crippen LogP contribution in [0, 0.1) is 5.92 Å². The normalized spacial score (nSPS) is 23.1. The van der Waals surface area contributed by atoms with Crippen molar-refractivity contribution >= 4 is 29.2 Å². The molecule has 4 atom stereocenters. The summed E-state index contributed by atoms with van der Waals surface area (Å²) in [4.78, 5) is 50.2. The van der Waals surface area contributed by atoms with Gasteiger partial charge in [0.15, 0.2) is 17.3 Å². The van der Waals surface area contributed by atoms with Crippen molar-refractivity contribution in [3.05, 3.63) is 125 Å². The lowest BCUT2D eigenvalue weighted by atomic mass is 9.62. The number of hydrogen-bond acceptors (Lipinski definition) is 7. The number of fused-ring (bicyclic) bond motifs is 6. The van der Waals surface area contributed by atoms with E-state index in [1.807, 2.05) is 65.7 Å². The van der Waals surface area contributed by atoms with Crippen LogP contribution >= 0.6 is 0 Å². The molecule has 7 rings (SSSR count). The SMILES string of the molecule is COc1ccc(C(=O)C2C(C(=O)c3ccccn3)N3C=Cc4ccccc4C3C23C(=O)Nc2ccccc23)cc1OC. The maximum Gasteiger partial charge on any atom is 0.238 e. The van der Waals surface area contributed by atoms with E-state index in [0.29, 0.717) is 28.3 Å². The van der Waals surface area contributed by atoms with Crippen molar-refractivity contribution in [1.82, 2.24) is 9.88 Å². The van der Waals surface area contributed by atoms with E-state index >= 15 is 0 Å². The minimum atomic E-state index is -1.42. The highest BCUT2D eigenvalue weighted by Gasteiger charge is 2.70. The van der Waals surface area contributed by atoms with Crippen LogP contribution in [0.1, 0.15) is 43.6 Å². The Bertz CT molecular complexity index is 1790. The van der Waals surface area contributed by atoms with Gasteiger partial charge in [0.25, 0.3) is 0 Å². The monoisotopic (exact) mass is 557 g/mol. The Hall–Kier alpha value is -5.24. The molecular weight excluding hydrogens is 530 g/mol. The van der Waals surface area contributed by atoms with E-state index in [4.69, 9.17) is 9.47 Å². The first kappa shape index (κ1) is 25.7. The van der Waals surface area contributed by atoms with Gasteiger partial charge in [0, 0.05) is 23.6 Å². The highest BCUT2D eigenvalue weighted by molar-refractivity contribution is 6.16. The molecule has 8 heteroatoms. The number of rotatable bonds is 6. The van der Waals surface area contributed by atoms with Crippen LogP contribution in [-0.4, -0.2) is 47.6 Å². The van der Waals surface area contributed by atoms with Gasteiger partial charge in [-0.25, -0.2) is 0 Å². The second-order valence-corrected chi connectivity index (χ2v) is 10.6. The molecule has 8 nitrogen and oxygen atoms in total. The number of para-hydroxylation sites is 1. The summed E-state index contributed by atoms with van der Waals surface area (Å²) in [5, 5.41) is 3.06. The molecule has 1 fully saturated rings. The first-order valence-electron chi connectivity index (χ1n) is 13.7. The van der Waals surface area contributed by atoms with E-state index in [2.05, 4.69) is 10.3 Å². The standard InChI is InChI=1S/C34H27N3O5/c1-41-26-15-14-21(19-27(26)42-2)30(38)28-29(31(39)25-13-7-8-17-35-25)37-18-16-20-9-3-4-10-22(20)32(37)34(28)23-11-5-6-12-24(23)36-33(34)40/h3-19,28-29,32H,1-2H3,(H,36,40). The highest BCUT2D eigenvalue weighted by atomic mass is 16.5. The lowest BCUT2D eigenvalue weighted by Gasteiger charge is -2.38. The van der Waals surface area contributed by atoms with Gasteiger partial charge in [-0.1, -0.05) is 48.5 Å². The Morgan fingerprint density at radius 2 is 1.64 bits per heavy atom. The molecule has 3 aliphatic rings. The van der Waals surface area contributed by atoms with E-state index < -0.39 is 23.4 Å². The number of methoxy groups -OCH3 is 2. The molecule has 208 valence electrons. The van der Waals surface area contributed by atoms with Crippen molar-refractivity contribution in [1.29, 1.82) is 0 Å². The number of ketones is 2. The van der Waals surface area contributed by atoms with Crippen LogP contribution in [0.4, 0.5) is 5.69 Å². The summed E-state index contributed by atoms with van der Waals surface area (Å²) < 4.78 is 10.9. The number of nitrogens with zero attached hydrogens (tertiary/aromatic N) is 2. The Labute approximate surface area is 242 Å². The van der Waals surface area contributed by atoms with Crippen LogP contribution in [0.2, 0.25) is 0 Å². The molecule has 0 aliphatic carbocycles. The molecule has 4 unspecified atom stereocenters. The molecule has 1 spiro atoms. The molecule has 1 amide bonds. The van der Waals surface area contributed by atoms with Crippen molar-refractivity contribution in [2.45, 2.75) is 17.5 Å². The Morgan fingerprint density at radius 1 is 0.881 bits per heavy atom. The fraction of sp³-hybridized carbons (Fsp3) is 0.176. The first-order chi connectivity index (χ1) is 20.5. The molecule has 0 bridgehead atoms. The van der Waals surface area contributed by atoms with Crippen molar-refractivity contribution in [3.63, 3.8) is 0 Å². The van der Waals surface area contributed by atoms with Gasteiger partial charge in [-0.2, -0.15) is 0 Å². The summed E-state index contributed by atoms with van der Waals surface area (Å²) >= 11 is 0. The Morgan fingerprint density at radius 3 is 2.43 bits per heavy atom.